The maximum absolute atomic E-state index is 6.21. The topological polar surface area (TPSA) is 41.6 Å². The van der Waals surface area contributed by atoms with Gasteiger partial charge in [0.1, 0.15) is 0 Å². The molecule has 1 unspecified atom stereocenters. The third-order valence-corrected chi connectivity index (χ3v) is 3.59. The fourth-order valence-electron chi connectivity index (χ4n) is 1.95. The normalized spacial score (nSPS) is 20.1. The van der Waals surface area contributed by atoms with Crippen LogP contribution in [0.1, 0.15) is 18.5 Å². The van der Waals surface area contributed by atoms with E-state index in [1.165, 1.54) is 0 Å². The van der Waals surface area contributed by atoms with Crippen LogP contribution < -0.4 is 5.73 Å². The Morgan fingerprint density at radius 3 is 3.06 bits per heavy atom. The second kappa shape index (κ2) is 4.63. The molecule has 5 heteroatoms. The van der Waals surface area contributed by atoms with Crippen molar-refractivity contribution in [3.05, 3.63) is 33.3 Å². The van der Waals surface area contributed by atoms with E-state index in [2.05, 4.69) is 32.7 Å². The second-order valence-corrected chi connectivity index (χ2v) is 4.99. The minimum atomic E-state index is 0.162. The first kappa shape index (κ1) is 11.7. The van der Waals surface area contributed by atoms with Gasteiger partial charge in [-0.3, -0.25) is 4.99 Å². The van der Waals surface area contributed by atoms with Crippen molar-refractivity contribution in [1.29, 1.82) is 0 Å². The van der Waals surface area contributed by atoms with Crippen LogP contribution in [0.3, 0.4) is 0 Å². The van der Waals surface area contributed by atoms with Gasteiger partial charge in [0, 0.05) is 16.0 Å². The standard InChI is InChI=1S/C11H13BrClN3/c1-2-16-10(6-15-11(16)14)8-5-7(12)3-4-9(8)13/h3-5,10H,2,6H2,1H3,(H2,14,15). The summed E-state index contributed by atoms with van der Waals surface area (Å²) in [5.74, 6) is 0.601. The Hall–Kier alpha value is -0.740. The summed E-state index contributed by atoms with van der Waals surface area (Å²) in [6.07, 6.45) is 0. The van der Waals surface area contributed by atoms with E-state index in [1.807, 2.05) is 18.2 Å². The van der Waals surface area contributed by atoms with E-state index >= 15 is 0 Å². The Morgan fingerprint density at radius 1 is 1.62 bits per heavy atom. The highest BCUT2D eigenvalue weighted by atomic mass is 79.9. The maximum atomic E-state index is 6.21. The number of halogens is 2. The SMILES string of the molecule is CCN1C(N)=NCC1c1cc(Br)ccc1Cl. The molecule has 0 saturated heterocycles. The van der Waals surface area contributed by atoms with Gasteiger partial charge >= 0.3 is 0 Å². The van der Waals surface area contributed by atoms with Crippen LogP contribution in [0.25, 0.3) is 0 Å². The van der Waals surface area contributed by atoms with E-state index < -0.39 is 0 Å². The number of aliphatic imine (C=N–C) groups is 1. The molecule has 0 radical (unpaired) electrons. The molecular weight excluding hydrogens is 289 g/mol. The number of nitrogens with two attached hydrogens (primary N) is 1. The van der Waals surface area contributed by atoms with E-state index in [0.29, 0.717) is 12.5 Å². The zero-order valence-corrected chi connectivity index (χ0v) is 11.3. The molecule has 1 aliphatic rings. The number of hydrogen-bond donors (Lipinski definition) is 1. The van der Waals surface area contributed by atoms with Gasteiger partial charge in [-0.1, -0.05) is 27.5 Å². The molecule has 16 heavy (non-hydrogen) atoms. The van der Waals surface area contributed by atoms with Crippen LogP contribution in [0.5, 0.6) is 0 Å². The van der Waals surface area contributed by atoms with E-state index in [9.17, 15) is 0 Å². The Bertz CT molecular complexity index is 433. The Morgan fingerprint density at radius 2 is 2.38 bits per heavy atom. The van der Waals surface area contributed by atoms with Crippen molar-refractivity contribution < 1.29 is 0 Å². The molecule has 0 bridgehead atoms. The molecule has 1 aromatic carbocycles. The lowest BCUT2D eigenvalue weighted by molar-refractivity contribution is 0.364. The third-order valence-electron chi connectivity index (χ3n) is 2.75. The van der Waals surface area contributed by atoms with E-state index in [0.717, 1.165) is 21.6 Å². The first-order valence-electron chi connectivity index (χ1n) is 5.15. The average molecular weight is 303 g/mol. The van der Waals surface area contributed by atoms with Crippen LogP contribution in [0.4, 0.5) is 0 Å². The van der Waals surface area contributed by atoms with Gasteiger partial charge in [0.2, 0.25) is 0 Å². The Labute approximate surface area is 108 Å². The van der Waals surface area contributed by atoms with Crippen LogP contribution >= 0.6 is 27.5 Å². The lowest BCUT2D eigenvalue weighted by Crippen LogP contribution is -2.35. The van der Waals surface area contributed by atoms with Crippen molar-refractivity contribution in [2.45, 2.75) is 13.0 Å². The minimum absolute atomic E-state index is 0.162. The average Bonchev–Trinajstić information content (AvgIpc) is 2.63. The molecule has 0 spiro atoms. The van der Waals surface area contributed by atoms with Crippen LogP contribution in [0.15, 0.2) is 27.7 Å². The molecule has 86 valence electrons. The zero-order valence-electron chi connectivity index (χ0n) is 8.95. The molecule has 2 N–H and O–H groups in total. The lowest BCUT2D eigenvalue weighted by Gasteiger charge is -2.25. The summed E-state index contributed by atoms with van der Waals surface area (Å²) in [4.78, 5) is 6.33. The molecule has 0 fully saturated rings. The van der Waals surface area contributed by atoms with Gasteiger partial charge in [0.05, 0.1) is 12.6 Å². The Balaban J connectivity index is 2.35. The quantitative estimate of drug-likeness (QED) is 0.913. The number of nitrogens with zero attached hydrogens (tertiary/aromatic N) is 2. The number of guanidine groups is 1. The van der Waals surface area contributed by atoms with Gasteiger partial charge < -0.3 is 10.6 Å². The number of hydrogen-bond acceptors (Lipinski definition) is 3. The van der Waals surface area contributed by atoms with Gasteiger partial charge in [-0.05, 0) is 30.7 Å². The van der Waals surface area contributed by atoms with E-state index in [-0.39, 0.29) is 6.04 Å². The molecule has 1 heterocycles. The van der Waals surface area contributed by atoms with Crippen LogP contribution in [-0.4, -0.2) is 23.9 Å². The number of benzene rings is 1. The molecule has 1 atom stereocenters. The summed E-state index contributed by atoms with van der Waals surface area (Å²) in [6.45, 7) is 3.57. The highest BCUT2D eigenvalue weighted by Crippen LogP contribution is 2.32. The van der Waals surface area contributed by atoms with Crippen LogP contribution in [0.2, 0.25) is 5.02 Å². The highest BCUT2D eigenvalue weighted by molar-refractivity contribution is 9.10. The van der Waals surface area contributed by atoms with Gasteiger partial charge in [-0.25, -0.2) is 0 Å². The van der Waals surface area contributed by atoms with Gasteiger partial charge in [-0.15, -0.1) is 0 Å². The number of rotatable bonds is 2. The fourth-order valence-corrected chi connectivity index (χ4v) is 2.57. The lowest BCUT2D eigenvalue weighted by atomic mass is 10.1. The maximum Gasteiger partial charge on any atom is 0.191 e. The van der Waals surface area contributed by atoms with Crippen molar-refractivity contribution in [2.75, 3.05) is 13.1 Å². The van der Waals surface area contributed by atoms with Crippen molar-refractivity contribution >= 4 is 33.5 Å². The molecule has 1 aliphatic heterocycles. The largest absolute Gasteiger partial charge is 0.370 e. The molecule has 2 rings (SSSR count). The molecular formula is C11H13BrClN3. The van der Waals surface area contributed by atoms with Crippen molar-refractivity contribution in [1.82, 2.24) is 4.90 Å². The molecule has 0 aromatic heterocycles. The second-order valence-electron chi connectivity index (χ2n) is 3.67. The first-order chi connectivity index (χ1) is 7.63. The van der Waals surface area contributed by atoms with Gasteiger partial charge in [-0.2, -0.15) is 0 Å². The zero-order chi connectivity index (χ0) is 11.7. The predicted molar refractivity (Wildman–Crippen MR) is 70.8 cm³/mol. The van der Waals surface area contributed by atoms with Gasteiger partial charge in [0.15, 0.2) is 5.96 Å². The van der Waals surface area contributed by atoms with Crippen molar-refractivity contribution in [2.24, 2.45) is 10.7 Å². The predicted octanol–water partition coefficient (Wildman–Crippen LogP) is 2.79. The minimum Gasteiger partial charge on any atom is -0.370 e. The molecule has 3 nitrogen and oxygen atoms in total. The van der Waals surface area contributed by atoms with E-state index in [1.54, 1.807) is 0 Å². The Kier molecular flexibility index (Phi) is 3.40. The molecule has 0 aliphatic carbocycles. The van der Waals surface area contributed by atoms with E-state index in [4.69, 9.17) is 17.3 Å². The molecule has 0 amide bonds. The summed E-state index contributed by atoms with van der Waals surface area (Å²) >= 11 is 9.66. The van der Waals surface area contributed by atoms with Gasteiger partial charge in [0.25, 0.3) is 0 Å². The summed E-state index contributed by atoms with van der Waals surface area (Å²) in [6, 6.07) is 6.02. The summed E-state index contributed by atoms with van der Waals surface area (Å²) in [5, 5.41) is 0.761. The van der Waals surface area contributed by atoms with Crippen molar-refractivity contribution in [3.63, 3.8) is 0 Å². The number of likely N-dealkylation sites (N-methyl/N-ethyl adjacent to an activating group) is 1. The van der Waals surface area contributed by atoms with Crippen LogP contribution in [0, 0.1) is 0 Å². The van der Waals surface area contributed by atoms with Crippen LogP contribution in [-0.2, 0) is 0 Å². The van der Waals surface area contributed by atoms with Crippen molar-refractivity contribution in [3.8, 4) is 0 Å². The third kappa shape index (κ3) is 2.04. The monoisotopic (exact) mass is 301 g/mol. The summed E-state index contributed by atoms with van der Waals surface area (Å²) in [7, 11) is 0. The highest BCUT2D eigenvalue weighted by Gasteiger charge is 2.27. The first-order valence-corrected chi connectivity index (χ1v) is 6.32. The smallest absolute Gasteiger partial charge is 0.191 e. The molecule has 1 aromatic rings. The molecule has 0 saturated carbocycles. The summed E-state index contributed by atoms with van der Waals surface area (Å²) < 4.78 is 1.02. The summed E-state index contributed by atoms with van der Waals surface area (Å²) in [5.41, 5.74) is 6.90. The fraction of sp³-hybridized carbons (Fsp3) is 0.364.